The first-order chi connectivity index (χ1) is 18.1. The van der Waals surface area contributed by atoms with E-state index >= 15 is 0 Å². The van der Waals surface area contributed by atoms with Crippen LogP contribution in [0.4, 0.5) is 26.1 Å². The van der Waals surface area contributed by atoms with Crippen molar-refractivity contribution in [3.63, 3.8) is 0 Å². The second-order valence-corrected chi connectivity index (χ2v) is 8.56. The zero-order chi connectivity index (χ0) is 27.7. The summed E-state index contributed by atoms with van der Waals surface area (Å²) in [5, 5.41) is 5.78. The highest BCUT2D eigenvalue weighted by Crippen LogP contribution is 2.45. The molecule has 0 saturated carbocycles. The van der Waals surface area contributed by atoms with Crippen LogP contribution in [0.25, 0.3) is 22.2 Å². The molecule has 0 spiro atoms. The van der Waals surface area contributed by atoms with Crippen molar-refractivity contribution in [1.29, 1.82) is 0 Å². The number of rotatable bonds is 7. The van der Waals surface area contributed by atoms with Gasteiger partial charge in [-0.2, -0.15) is 4.98 Å². The number of aryl methyl sites for hydroxylation is 1. The molecule has 2 aromatic heterocycles. The molecule has 4 rings (SSSR count). The topological polar surface area (TPSA) is 107 Å². The Labute approximate surface area is 224 Å². The van der Waals surface area contributed by atoms with E-state index in [-0.39, 0.29) is 55.6 Å². The molecule has 1 amide bonds. The number of anilines is 3. The second kappa shape index (κ2) is 10.6. The number of methoxy groups -OCH3 is 2. The summed E-state index contributed by atoms with van der Waals surface area (Å²) in [6.07, 6.45) is 2.38. The number of hydrogen-bond donors (Lipinski definition) is 2. The highest BCUT2D eigenvalue weighted by atomic mass is 35.5. The molecule has 196 valence electrons. The summed E-state index contributed by atoms with van der Waals surface area (Å²) in [7, 11) is 4.32. The van der Waals surface area contributed by atoms with Gasteiger partial charge in [-0.3, -0.25) is 14.2 Å². The summed E-state index contributed by atoms with van der Waals surface area (Å²) < 4.78 is 39.6. The molecule has 0 atom stereocenters. The Hall–Kier alpha value is -4.22. The predicted octanol–water partition coefficient (Wildman–Crippen LogP) is 5.47. The number of carbonyl (C=O) groups excluding carboxylic acids is 1. The standard InChI is InChI=1S/C25H19Cl2F2N5O4/c1-5-19(35)31-15-7-13(28)14(29)8-16(15)32-25-30-10-11-6-12(24(36)34(2)23(11)33-25)20-21(26)17(37-3)9-18(38-4)22(20)27/h5-10H,1H2,2-4H3,(H,31,35)(H,30,32,33). The first-order valence-corrected chi connectivity index (χ1v) is 11.5. The fraction of sp³-hybridized carbons (Fsp3) is 0.120. The third kappa shape index (κ3) is 4.85. The summed E-state index contributed by atoms with van der Waals surface area (Å²) in [4.78, 5) is 33.7. The van der Waals surface area contributed by atoms with Crippen LogP contribution in [-0.2, 0) is 11.8 Å². The summed E-state index contributed by atoms with van der Waals surface area (Å²) >= 11 is 13.0. The third-order valence-electron chi connectivity index (χ3n) is 5.54. The van der Waals surface area contributed by atoms with Gasteiger partial charge in [-0.1, -0.05) is 29.8 Å². The van der Waals surface area contributed by atoms with Crippen molar-refractivity contribution in [2.24, 2.45) is 7.05 Å². The molecule has 0 aliphatic carbocycles. The van der Waals surface area contributed by atoms with Crippen LogP contribution in [0.1, 0.15) is 0 Å². The van der Waals surface area contributed by atoms with Gasteiger partial charge in [-0.05, 0) is 12.1 Å². The Bertz CT molecular complexity index is 1650. The number of fused-ring (bicyclic) bond motifs is 1. The van der Waals surface area contributed by atoms with Crippen LogP contribution < -0.4 is 25.7 Å². The molecule has 2 aromatic carbocycles. The number of amides is 1. The number of pyridine rings is 1. The molecule has 0 unspecified atom stereocenters. The molecule has 38 heavy (non-hydrogen) atoms. The minimum absolute atomic E-state index is 0.0258. The molecular weight excluding hydrogens is 543 g/mol. The van der Waals surface area contributed by atoms with Crippen LogP contribution in [0.5, 0.6) is 11.5 Å². The van der Waals surface area contributed by atoms with E-state index in [1.54, 1.807) is 0 Å². The van der Waals surface area contributed by atoms with Crippen LogP contribution in [0.15, 0.2) is 47.9 Å². The van der Waals surface area contributed by atoms with Crippen molar-refractivity contribution in [1.82, 2.24) is 14.5 Å². The Balaban J connectivity index is 1.84. The van der Waals surface area contributed by atoms with Crippen LogP contribution in [-0.4, -0.2) is 34.7 Å². The number of halogens is 4. The van der Waals surface area contributed by atoms with E-state index in [9.17, 15) is 18.4 Å². The smallest absolute Gasteiger partial charge is 0.259 e. The molecule has 0 bridgehead atoms. The first kappa shape index (κ1) is 26.8. The lowest BCUT2D eigenvalue weighted by Crippen LogP contribution is -2.20. The Kier molecular flexibility index (Phi) is 7.51. The molecular formula is C25H19Cl2F2N5O4. The van der Waals surface area contributed by atoms with Crippen molar-refractivity contribution in [3.05, 3.63) is 75.2 Å². The van der Waals surface area contributed by atoms with E-state index in [0.717, 1.165) is 18.2 Å². The van der Waals surface area contributed by atoms with Crippen molar-refractivity contribution in [3.8, 4) is 22.6 Å². The summed E-state index contributed by atoms with van der Waals surface area (Å²) in [5.41, 5.74) is -0.0316. The van der Waals surface area contributed by atoms with Crippen LogP contribution in [0.3, 0.4) is 0 Å². The lowest BCUT2D eigenvalue weighted by molar-refractivity contribution is -0.111. The number of nitrogens with one attached hydrogen (secondary N) is 2. The zero-order valence-corrected chi connectivity index (χ0v) is 21.7. The fourth-order valence-corrected chi connectivity index (χ4v) is 4.37. The molecule has 4 aromatic rings. The molecule has 0 fully saturated rings. The first-order valence-electron chi connectivity index (χ1n) is 10.8. The molecule has 0 radical (unpaired) electrons. The van der Waals surface area contributed by atoms with Gasteiger partial charge in [0, 0.05) is 42.4 Å². The SMILES string of the molecule is C=CC(=O)Nc1cc(F)c(F)cc1Nc1ncc2cc(-c3c(Cl)c(OC)cc(OC)c3Cl)c(=O)n(C)c2n1. The number of nitrogens with zero attached hydrogens (tertiary/aromatic N) is 3. The summed E-state index contributed by atoms with van der Waals surface area (Å²) in [6, 6.07) is 4.66. The molecule has 9 nitrogen and oxygen atoms in total. The van der Waals surface area contributed by atoms with E-state index in [1.807, 2.05) is 0 Å². The highest BCUT2D eigenvalue weighted by molar-refractivity contribution is 6.41. The Morgan fingerprint density at radius 1 is 1.05 bits per heavy atom. The van der Waals surface area contributed by atoms with Crippen molar-refractivity contribution >= 4 is 57.5 Å². The van der Waals surface area contributed by atoms with Gasteiger partial charge in [0.2, 0.25) is 11.9 Å². The highest BCUT2D eigenvalue weighted by Gasteiger charge is 2.23. The van der Waals surface area contributed by atoms with Gasteiger partial charge in [0.05, 0.1) is 41.2 Å². The van der Waals surface area contributed by atoms with Crippen molar-refractivity contribution in [2.75, 3.05) is 24.9 Å². The monoisotopic (exact) mass is 561 g/mol. The average Bonchev–Trinajstić information content (AvgIpc) is 2.90. The lowest BCUT2D eigenvalue weighted by Gasteiger charge is -2.16. The molecule has 0 saturated heterocycles. The lowest BCUT2D eigenvalue weighted by atomic mass is 10.0. The number of benzene rings is 2. The third-order valence-corrected chi connectivity index (χ3v) is 6.29. The Morgan fingerprint density at radius 3 is 2.24 bits per heavy atom. The predicted molar refractivity (Wildman–Crippen MR) is 142 cm³/mol. The maximum absolute atomic E-state index is 14.0. The fourth-order valence-electron chi connectivity index (χ4n) is 3.67. The maximum Gasteiger partial charge on any atom is 0.259 e. The quantitative estimate of drug-likeness (QED) is 0.288. The van der Waals surface area contributed by atoms with Crippen molar-refractivity contribution < 1.29 is 23.0 Å². The van der Waals surface area contributed by atoms with E-state index in [1.165, 1.54) is 44.2 Å². The summed E-state index contributed by atoms with van der Waals surface area (Å²) in [6.45, 7) is 3.33. The number of hydrogen-bond acceptors (Lipinski definition) is 7. The van der Waals surface area contributed by atoms with Gasteiger partial charge in [0.15, 0.2) is 11.6 Å². The largest absolute Gasteiger partial charge is 0.495 e. The van der Waals surface area contributed by atoms with Crippen LogP contribution in [0.2, 0.25) is 10.0 Å². The molecule has 2 heterocycles. The van der Waals surface area contributed by atoms with Crippen LogP contribution >= 0.6 is 23.2 Å². The summed E-state index contributed by atoms with van der Waals surface area (Å²) in [5.74, 6) is -2.52. The van der Waals surface area contributed by atoms with Crippen LogP contribution in [0, 0.1) is 11.6 Å². The van der Waals surface area contributed by atoms with E-state index < -0.39 is 23.1 Å². The second-order valence-electron chi connectivity index (χ2n) is 7.81. The molecule has 2 N–H and O–H groups in total. The molecule has 0 aliphatic rings. The van der Waals surface area contributed by atoms with Gasteiger partial charge in [0.1, 0.15) is 17.1 Å². The minimum Gasteiger partial charge on any atom is -0.495 e. The van der Waals surface area contributed by atoms with Crippen molar-refractivity contribution in [2.45, 2.75) is 0 Å². The normalized spacial score (nSPS) is 10.8. The van der Waals surface area contributed by atoms with Gasteiger partial charge >= 0.3 is 0 Å². The van der Waals surface area contributed by atoms with Gasteiger partial charge < -0.3 is 20.1 Å². The zero-order valence-electron chi connectivity index (χ0n) is 20.2. The number of ether oxygens (including phenoxy) is 2. The molecule has 13 heteroatoms. The average molecular weight is 562 g/mol. The number of carbonyl (C=O) groups is 1. The van der Waals surface area contributed by atoms with Gasteiger partial charge in [-0.25, -0.2) is 13.8 Å². The van der Waals surface area contributed by atoms with E-state index in [2.05, 4.69) is 27.2 Å². The van der Waals surface area contributed by atoms with Gasteiger partial charge in [0.25, 0.3) is 5.56 Å². The minimum atomic E-state index is -1.17. The molecule has 0 aliphatic heterocycles. The Morgan fingerprint density at radius 2 is 1.66 bits per heavy atom. The van der Waals surface area contributed by atoms with Gasteiger partial charge in [-0.15, -0.1) is 0 Å². The number of aromatic nitrogens is 3. The van der Waals surface area contributed by atoms with E-state index in [4.69, 9.17) is 32.7 Å². The van der Waals surface area contributed by atoms with E-state index in [0.29, 0.717) is 5.39 Å². The maximum atomic E-state index is 14.0.